The van der Waals surface area contributed by atoms with E-state index in [1.807, 2.05) is 30.0 Å². The van der Waals surface area contributed by atoms with Crippen molar-refractivity contribution in [2.24, 2.45) is 0 Å². The van der Waals surface area contributed by atoms with Crippen LogP contribution in [-0.4, -0.2) is 17.5 Å². The molecule has 1 rings (SSSR count). The third kappa shape index (κ3) is 4.80. The second kappa shape index (κ2) is 7.37. The molecule has 0 aliphatic rings. The fourth-order valence-corrected chi connectivity index (χ4v) is 2.31. The van der Waals surface area contributed by atoms with E-state index >= 15 is 0 Å². The van der Waals surface area contributed by atoms with E-state index in [0.717, 1.165) is 17.9 Å². The lowest BCUT2D eigenvalue weighted by Gasteiger charge is -2.14. The number of aryl methyl sites for hydroxylation is 1. The third-order valence-electron chi connectivity index (χ3n) is 2.68. The quantitative estimate of drug-likeness (QED) is 0.840. The van der Waals surface area contributed by atoms with Gasteiger partial charge < -0.3 is 5.32 Å². The summed E-state index contributed by atoms with van der Waals surface area (Å²) in [5, 5.41) is 12.3. The Hall–Kier alpha value is -0.980. The summed E-state index contributed by atoms with van der Waals surface area (Å²) < 4.78 is 0. The molecule has 3 heteroatoms. The summed E-state index contributed by atoms with van der Waals surface area (Å²) >= 11 is 1.96. The van der Waals surface area contributed by atoms with E-state index in [1.54, 1.807) is 0 Å². The fraction of sp³-hybridized carbons (Fsp3) is 0.500. The summed E-state index contributed by atoms with van der Waals surface area (Å²) in [6.45, 7) is 7.33. The van der Waals surface area contributed by atoms with Gasteiger partial charge >= 0.3 is 0 Å². The molecule has 0 aliphatic heterocycles. The highest BCUT2D eigenvalue weighted by molar-refractivity contribution is 7.99. The summed E-state index contributed by atoms with van der Waals surface area (Å²) in [5.41, 5.74) is 3.20. The highest BCUT2D eigenvalue weighted by Gasteiger charge is 2.03. The topological polar surface area (TPSA) is 35.8 Å². The molecule has 0 fully saturated rings. The van der Waals surface area contributed by atoms with E-state index in [4.69, 9.17) is 5.26 Å². The van der Waals surface area contributed by atoms with E-state index < -0.39 is 0 Å². The molecular formula is C14H20N2S. The Bertz CT molecular complexity index is 396. The molecule has 17 heavy (non-hydrogen) atoms. The zero-order valence-electron chi connectivity index (χ0n) is 10.8. The van der Waals surface area contributed by atoms with Gasteiger partial charge in [-0.2, -0.15) is 17.0 Å². The van der Waals surface area contributed by atoms with Crippen molar-refractivity contribution < 1.29 is 0 Å². The maximum absolute atomic E-state index is 8.80. The molecular weight excluding hydrogens is 228 g/mol. The predicted molar refractivity (Wildman–Crippen MR) is 75.2 cm³/mol. The van der Waals surface area contributed by atoms with Gasteiger partial charge in [0.25, 0.3) is 0 Å². The summed E-state index contributed by atoms with van der Waals surface area (Å²) in [6, 6.07) is 8.56. The lowest BCUT2D eigenvalue weighted by molar-refractivity contribution is 0.594. The molecule has 0 aliphatic carbocycles. The normalized spacial score (nSPS) is 12.1. The van der Waals surface area contributed by atoms with Crippen LogP contribution in [0.5, 0.6) is 0 Å². The Labute approximate surface area is 108 Å². The minimum Gasteiger partial charge on any atom is -0.309 e. The van der Waals surface area contributed by atoms with Crippen LogP contribution in [0.25, 0.3) is 0 Å². The minimum absolute atomic E-state index is 0.523. The number of nitriles is 1. The second-order valence-corrected chi connectivity index (χ2v) is 5.51. The smallest absolute Gasteiger partial charge is 0.0991 e. The van der Waals surface area contributed by atoms with Crippen molar-refractivity contribution in [3.63, 3.8) is 0 Å². The summed E-state index contributed by atoms with van der Waals surface area (Å²) in [6.07, 6.45) is 0. The van der Waals surface area contributed by atoms with Crippen molar-refractivity contribution >= 4 is 11.8 Å². The van der Waals surface area contributed by atoms with Gasteiger partial charge in [0.1, 0.15) is 0 Å². The zero-order chi connectivity index (χ0) is 12.7. The predicted octanol–water partition coefficient (Wildman–Crippen LogP) is 3.10. The first kappa shape index (κ1) is 14.1. The highest BCUT2D eigenvalue weighted by atomic mass is 32.2. The molecule has 1 unspecified atom stereocenters. The number of nitrogens with one attached hydrogen (secondary N) is 1. The molecule has 0 saturated carbocycles. The van der Waals surface area contributed by atoms with Gasteiger partial charge in [-0.15, -0.1) is 0 Å². The maximum atomic E-state index is 8.80. The van der Waals surface area contributed by atoms with Gasteiger partial charge in [0.15, 0.2) is 0 Å². The van der Waals surface area contributed by atoms with Gasteiger partial charge in [-0.1, -0.05) is 13.0 Å². The molecule has 92 valence electrons. The van der Waals surface area contributed by atoms with Crippen molar-refractivity contribution in [2.45, 2.75) is 33.4 Å². The van der Waals surface area contributed by atoms with E-state index in [-0.39, 0.29) is 0 Å². The van der Waals surface area contributed by atoms with Crippen molar-refractivity contribution in [3.8, 4) is 6.07 Å². The van der Waals surface area contributed by atoms with Crippen molar-refractivity contribution in [2.75, 3.05) is 11.5 Å². The second-order valence-electron chi connectivity index (χ2n) is 4.19. The average Bonchev–Trinajstić information content (AvgIpc) is 2.34. The van der Waals surface area contributed by atoms with Crippen LogP contribution in [0.15, 0.2) is 18.2 Å². The van der Waals surface area contributed by atoms with Gasteiger partial charge in [-0.25, -0.2) is 0 Å². The molecule has 1 aromatic carbocycles. The van der Waals surface area contributed by atoms with E-state index in [1.165, 1.54) is 16.9 Å². The van der Waals surface area contributed by atoms with Crippen LogP contribution in [0.2, 0.25) is 0 Å². The number of thioether (sulfide) groups is 1. The Kier molecular flexibility index (Phi) is 6.10. The molecule has 0 heterocycles. The Morgan fingerprint density at radius 3 is 2.82 bits per heavy atom. The number of benzene rings is 1. The lowest BCUT2D eigenvalue weighted by Crippen LogP contribution is -2.28. The molecule has 0 bridgehead atoms. The van der Waals surface area contributed by atoms with E-state index in [2.05, 4.69) is 32.2 Å². The van der Waals surface area contributed by atoms with Crippen molar-refractivity contribution in [1.82, 2.24) is 5.32 Å². The highest BCUT2D eigenvalue weighted by Crippen LogP contribution is 2.11. The number of nitrogens with zero attached hydrogens (tertiary/aromatic N) is 1. The minimum atomic E-state index is 0.523. The molecule has 1 N–H and O–H groups in total. The maximum Gasteiger partial charge on any atom is 0.0991 e. The molecule has 0 spiro atoms. The molecule has 1 atom stereocenters. The summed E-state index contributed by atoms with van der Waals surface area (Å²) in [5.74, 6) is 2.31. The molecule has 1 aromatic rings. The Balaban J connectivity index is 2.49. The van der Waals surface area contributed by atoms with Crippen LogP contribution in [0.4, 0.5) is 0 Å². The first-order valence-corrected chi connectivity index (χ1v) is 7.13. The van der Waals surface area contributed by atoms with Crippen molar-refractivity contribution in [1.29, 1.82) is 5.26 Å². The first-order chi connectivity index (χ1) is 8.17. The molecule has 0 aromatic heterocycles. The van der Waals surface area contributed by atoms with Gasteiger partial charge in [-0.3, -0.25) is 0 Å². The van der Waals surface area contributed by atoms with Crippen LogP contribution in [-0.2, 0) is 6.54 Å². The average molecular weight is 248 g/mol. The van der Waals surface area contributed by atoms with E-state index in [0.29, 0.717) is 6.04 Å². The molecule has 2 nitrogen and oxygen atoms in total. The largest absolute Gasteiger partial charge is 0.309 e. The monoisotopic (exact) mass is 248 g/mol. The van der Waals surface area contributed by atoms with Gasteiger partial charge in [0, 0.05) is 18.3 Å². The summed E-state index contributed by atoms with van der Waals surface area (Å²) in [7, 11) is 0. The third-order valence-corrected chi connectivity index (χ3v) is 3.83. The molecule has 0 amide bonds. The van der Waals surface area contributed by atoms with Gasteiger partial charge in [0.05, 0.1) is 11.6 Å². The molecule has 0 saturated heterocycles. The van der Waals surface area contributed by atoms with Gasteiger partial charge in [0.2, 0.25) is 0 Å². The number of rotatable bonds is 6. The van der Waals surface area contributed by atoms with Gasteiger partial charge in [-0.05, 0) is 42.9 Å². The van der Waals surface area contributed by atoms with E-state index in [9.17, 15) is 0 Å². The van der Waals surface area contributed by atoms with Crippen LogP contribution in [0, 0.1) is 18.3 Å². The Morgan fingerprint density at radius 2 is 2.24 bits per heavy atom. The van der Waals surface area contributed by atoms with Crippen LogP contribution >= 0.6 is 11.8 Å². The Morgan fingerprint density at radius 1 is 1.47 bits per heavy atom. The molecule has 0 radical (unpaired) electrons. The van der Waals surface area contributed by atoms with Crippen LogP contribution in [0.1, 0.15) is 30.5 Å². The number of hydrogen-bond acceptors (Lipinski definition) is 3. The summed E-state index contributed by atoms with van der Waals surface area (Å²) in [4.78, 5) is 0. The van der Waals surface area contributed by atoms with Crippen LogP contribution in [0.3, 0.4) is 0 Å². The van der Waals surface area contributed by atoms with Crippen molar-refractivity contribution in [3.05, 3.63) is 34.9 Å². The standard InChI is InChI=1S/C14H20N2S/c1-4-17-10-12(3)16-9-14-6-5-13(8-15)7-11(14)2/h5-7,12,16H,4,9-10H2,1-3H3. The first-order valence-electron chi connectivity index (χ1n) is 5.98. The number of hydrogen-bond donors (Lipinski definition) is 1. The SMILES string of the molecule is CCSCC(C)NCc1ccc(C#N)cc1C. The lowest BCUT2D eigenvalue weighted by atomic mass is 10.1. The zero-order valence-corrected chi connectivity index (χ0v) is 11.6. The fourth-order valence-electron chi connectivity index (χ4n) is 1.60. The van der Waals surface area contributed by atoms with Crippen LogP contribution < -0.4 is 5.32 Å².